The van der Waals surface area contributed by atoms with Crippen LogP contribution in [0.3, 0.4) is 0 Å². The Kier molecular flexibility index (Phi) is 4.86. The second-order valence-corrected chi connectivity index (χ2v) is 6.50. The summed E-state index contributed by atoms with van der Waals surface area (Å²) in [6.45, 7) is 0.492. The molecule has 20 heavy (non-hydrogen) atoms. The van der Waals surface area contributed by atoms with E-state index in [2.05, 4.69) is 21.2 Å². The molecule has 2 aromatic rings. The number of nitrogens with zero attached hydrogens (tertiary/aromatic N) is 1. The molecule has 0 saturated heterocycles. The van der Waals surface area contributed by atoms with Crippen LogP contribution in [0.25, 0.3) is 0 Å². The van der Waals surface area contributed by atoms with Gasteiger partial charge in [-0.05, 0) is 40.0 Å². The van der Waals surface area contributed by atoms with Gasteiger partial charge >= 0.3 is 0 Å². The minimum atomic E-state index is -0.430. The summed E-state index contributed by atoms with van der Waals surface area (Å²) < 4.78 is 0.915. The zero-order valence-corrected chi connectivity index (χ0v) is 12.7. The van der Waals surface area contributed by atoms with Gasteiger partial charge in [0.25, 0.3) is 11.6 Å². The number of rotatable bonds is 5. The van der Waals surface area contributed by atoms with Gasteiger partial charge in [0.05, 0.1) is 13.6 Å². The molecule has 1 N–H and O–H groups in total. The fraction of sp³-hybridized carbons (Fsp3) is 0.154. The average Bonchev–Trinajstić information content (AvgIpc) is 2.86. The monoisotopic (exact) mass is 354 g/mol. The lowest BCUT2D eigenvalue weighted by Gasteiger charge is -2.03. The van der Waals surface area contributed by atoms with Crippen molar-refractivity contribution in [1.29, 1.82) is 0 Å². The second kappa shape index (κ2) is 6.62. The Bertz CT molecular complexity index is 625. The van der Waals surface area contributed by atoms with Crippen molar-refractivity contribution in [2.75, 3.05) is 6.54 Å². The van der Waals surface area contributed by atoms with Crippen LogP contribution in [-0.2, 0) is 6.42 Å². The fourth-order valence-corrected chi connectivity index (χ4v) is 2.93. The van der Waals surface area contributed by atoms with Gasteiger partial charge in [0, 0.05) is 18.7 Å². The minimum Gasteiger partial charge on any atom is -0.351 e. The summed E-state index contributed by atoms with van der Waals surface area (Å²) in [7, 11) is 0. The van der Waals surface area contributed by atoms with Gasteiger partial charge in [0.2, 0.25) is 0 Å². The third-order valence-corrected chi connectivity index (χ3v) is 4.27. The SMILES string of the molecule is O=C(NCCc1ccc([N+](=O)[O-])cc1)c1ccc(Br)s1. The molecule has 2 rings (SSSR count). The number of hydrogen-bond donors (Lipinski definition) is 1. The highest BCUT2D eigenvalue weighted by Crippen LogP contribution is 2.21. The van der Waals surface area contributed by atoms with Crippen LogP contribution in [0.4, 0.5) is 5.69 Å². The Morgan fingerprint density at radius 1 is 1.25 bits per heavy atom. The van der Waals surface area contributed by atoms with E-state index in [0.717, 1.165) is 9.35 Å². The molecule has 5 nitrogen and oxygen atoms in total. The average molecular weight is 355 g/mol. The summed E-state index contributed by atoms with van der Waals surface area (Å²) in [5.41, 5.74) is 1.02. The van der Waals surface area contributed by atoms with E-state index in [-0.39, 0.29) is 11.6 Å². The Morgan fingerprint density at radius 3 is 2.50 bits per heavy atom. The molecule has 1 amide bonds. The van der Waals surface area contributed by atoms with Crippen LogP contribution in [0, 0.1) is 10.1 Å². The highest BCUT2D eigenvalue weighted by atomic mass is 79.9. The molecule has 0 aliphatic carbocycles. The molecule has 0 saturated carbocycles. The van der Waals surface area contributed by atoms with Gasteiger partial charge in [-0.15, -0.1) is 11.3 Å². The molecular formula is C13H11BrN2O3S. The molecule has 0 bridgehead atoms. The summed E-state index contributed by atoms with van der Waals surface area (Å²) in [5, 5.41) is 13.3. The maximum atomic E-state index is 11.8. The summed E-state index contributed by atoms with van der Waals surface area (Å²) in [6, 6.07) is 9.92. The Hall–Kier alpha value is -1.73. The highest BCUT2D eigenvalue weighted by Gasteiger charge is 2.08. The van der Waals surface area contributed by atoms with Gasteiger partial charge in [-0.3, -0.25) is 14.9 Å². The van der Waals surface area contributed by atoms with Gasteiger partial charge in [0.1, 0.15) is 0 Å². The number of carbonyl (C=O) groups is 1. The van der Waals surface area contributed by atoms with Crippen molar-refractivity contribution < 1.29 is 9.72 Å². The first-order chi connectivity index (χ1) is 9.56. The first-order valence-electron chi connectivity index (χ1n) is 5.83. The molecule has 0 spiro atoms. The van der Waals surface area contributed by atoms with Gasteiger partial charge in [-0.25, -0.2) is 0 Å². The van der Waals surface area contributed by atoms with E-state index in [0.29, 0.717) is 17.8 Å². The maximum absolute atomic E-state index is 11.8. The van der Waals surface area contributed by atoms with Crippen molar-refractivity contribution in [3.8, 4) is 0 Å². The third-order valence-electron chi connectivity index (χ3n) is 2.64. The Balaban J connectivity index is 1.83. The van der Waals surface area contributed by atoms with E-state index in [4.69, 9.17) is 0 Å². The van der Waals surface area contributed by atoms with Gasteiger partial charge in [0.15, 0.2) is 0 Å². The number of halogens is 1. The Morgan fingerprint density at radius 2 is 1.95 bits per heavy atom. The first-order valence-corrected chi connectivity index (χ1v) is 7.44. The predicted octanol–water partition coefficient (Wildman–Crippen LogP) is 3.39. The van der Waals surface area contributed by atoms with E-state index in [1.165, 1.54) is 23.5 Å². The number of amides is 1. The quantitative estimate of drug-likeness (QED) is 0.660. The van der Waals surface area contributed by atoms with Gasteiger partial charge in [-0.2, -0.15) is 0 Å². The van der Waals surface area contributed by atoms with E-state index in [9.17, 15) is 14.9 Å². The van der Waals surface area contributed by atoms with E-state index < -0.39 is 4.92 Å². The van der Waals surface area contributed by atoms with Gasteiger partial charge in [-0.1, -0.05) is 12.1 Å². The second-order valence-electron chi connectivity index (χ2n) is 4.03. The highest BCUT2D eigenvalue weighted by molar-refractivity contribution is 9.11. The molecule has 0 aliphatic rings. The van der Waals surface area contributed by atoms with Crippen LogP contribution in [0.15, 0.2) is 40.2 Å². The molecule has 0 fully saturated rings. The number of carbonyl (C=O) groups excluding carboxylic acids is 1. The largest absolute Gasteiger partial charge is 0.351 e. The first kappa shape index (κ1) is 14.7. The predicted molar refractivity (Wildman–Crippen MR) is 81.2 cm³/mol. The van der Waals surface area contributed by atoms with E-state index in [1.54, 1.807) is 18.2 Å². The maximum Gasteiger partial charge on any atom is 0.269 e. The standard InChI is InChI=1S/C13H11BrN2O3S/c14-12-6-5-11(20-12)13(17)15-8-7-9-1-3-10(4-2-9)16(18)19/h1-6H,7-8H2,(H,15,17). The number of nitro benzene ring substituents is 1. The van der Waals surface area contributed by atoms with Crippen LogP contribution in [0.5, 0.6) is 0 Å². The topological polar surface area (TPSA) is 72.2 Å². The molecule has 0 aliphatic heterocycles. The lowest BCUT2D eigenvalue weighted by Crippen LogP contribution is -2.24. The normalized spacial score (nSPS) is 10.2. The molecule has 7 heteroatoms. The number of non-ortho nitro benzene ring substituents is 1. The zero-order valence-electron chi connectivity index (χ0n) is 10.3. The van der Waals surface area contributed by atoms with Crippen molar-refractivity contribution in [2.24, 2.45) is 0 Å². The summed E-state index contributed by atoms with van der Waals surface area (Å²) in [6.07, 6.45) is 0.635. The molecule has 0 atom stereocenters. The summed E-state index contributed by atoms with van der Waals surface area (Å²) in [5.74, 6) is -0.109. The van der Waals surface area contributed by atoms with Crippen LogP contribution in [-0.4, -0.2) is 17.4 Å². The lowest BCUT2D eigenvalue weighted by molar-refractivity contribution is -0.384. The van der Waals surface area contributed by atoms with Crippen LogP contribution in [0.2, 0.25) is 0 Å². The van der Waals surface area contributed by atoms with E-state index in [1.807, 2.05) is 6.07 Å². The summed E-state index contributed by atoms with van der Waals surface area (Å²) >= 11 is 4.68. The third kappa shape index (κ3) is 3.88. The molecule has 1 heterocycles. The van der Waals surface area contributed by atoms with Gasteiger partial charge < -0.3 is 5.32 Å². The van der Waals surface area contributed by atoms with Crippen molar-refractivity contribution >= 4 is 38.9 Å². The molecule has 0 radical (unpaired) electrons. The zero-order chi connectivity index (χ0) is 14.5. The minimum absolute atomic E-state index is 0.0706. The van der Waals surface area contributed by atoms with Crippen LogP contribution < -0.4 is 5.32 Å². The lowest BCUT2D eigenvalue weighted by atomic mass is 10.1. The number of nitro groups is 1. The molecule has 0 unspecified atom stereocenters. The molecule has 1 aromatic heterocycles. The number of benzene rings is 1. The van der Waals surface area contributed by atoms with Crippen molar-refractivity contribution in [1.82, 2.24) is 5.32 Å². The van der Waals surface area contributed by atoms with Crippen LogP contribution >= 0.6 is 27.3 Å². The number of hydrogen-bond acceptors (Lipinski definition) is 4. The Labute approximate surface area is 127 Å². The number of nitrogens with one attached hydrogen (secondary N) is 1. The van der Waals surface area contributed by atoms with Crippen molar-refractivity contribution in [3.63, 3.8) is 0 Å². The molecule has 104 valence electrons. The van der Waals surface area contributed by atoms with E-state index >= 15 is 0 Å². The smallest absolute Gasteiger partial charge is 0.269 e. The number of thiophene rings is 1. The molecular weight excluding hydrogens is 344 g/mol. The fourth-order valence-electron chi connectivity index (χ4n) is 1.63. The molecule has 1 aromatic carbocycles. The summed E-state index contributed by atoms with van der Waals surface area (Å²) in [4.78, 5) is 22.5. The van der Waals surface area contributed by atoms with Crippen LogP contribution in [0.1, 0.15) is 15.2 Å². The van der Waals surface area contributed by atoms with Crippen molar-refractivity contribution in [2.45, 2.75) is 6.42 Å². The van der Waals surface area contributed by atoms with Crippen molar-refractivity contribution in [3.05, 3.63) is 60.7 Å².